The number of hydrogen-bond donors (Lipinski definition) is 1. The third-order valence-corrected chi connectivity index (χ3v) is 5.75. The van der Waals surface area contributed by atoms with Gasteiger partial charge in [-0.3, -0.25) is 9.69 Å². The van der Waals surface area contributed by atoms with Crippen molar-refractivity contribution in [1.82, 2.24) is 29.8 Å². The summed E-state index contributed by atoms with van der Waals surface area (Å²) in [6, 6.07) is 6.22. The smallest absolute Gasteiger partial charge is 0.255 e. The van der Waals surface area contributed by atoms with Crippen molar-refractivity contribution in [3.8, 4) is 11.4 Å². The van der Waals surface area contributed by atoms with Gasteiger partial charge in [0, 0.05) is 54.9 Å². The van der Waals surface area contributed by atoms with E-state index in [1.807, 2.05) is 12.3 Å². The predicted octanol–water partition coefficient (Wildman–Crippen LogP) is 2.39. The highest BCUT2D eigenvalue weighted by atomic mass is 32.1. The number of nitrogens with zero attached hydrogens (tertiary/aromatic N) is 5. The molecule has 4 aromatic rings. The zero-order chi connectivity index (χ0) is 18.2. The van der Waals surface area contributed by atoms with Gasteiger partial charge in [0.1, 0.15) is 17.0 Å². The highest BCUT2D eigenvalue weighted by Crippen LogP contribution is 2.26. The first kappa shape index (κ1) is 16.2. The molecule has 134 valence electrons. The van der Waals surface area contributed by atoms with Gasteiger partial charge >= 0.3 is 0 Å². The number of aromatic nitrogens is 5. The molecule has 5 rings (SSSR count). The van der Waals surface area contributed by atoms with Crippen molar-refractivity contribution in [2.24, 2.45) is 0 Å². The first-order valence-electron chi connectivity index (χ1n) is 8.69. The van der Waals surface area contributed by atoms with Crippen LogP contribution in [-0.2, 0) is 19.5 Å². The van der Waals surface area contributed by atoms with Gasteiger partial charge in [-0.2, -0.15) is 0 Å². The molecule has 0 bridgehead atoms. The lowest BCUT2D eigenvalue weighted by atomic mass is 10.1. The maximum atomic E-state index is 12.6. The zero-order valence-electron chi connectivity index (χ0n) is 14.4. The molecule has 0 radical (unpaired) electrons. The SMILES string of the molecule is O=c1[nH]c(-c2cncnc2)nc2c1CN(Cc1cc3cccnc3s1)CC2. The van der Waals surface area contributed by atoms with E-state index >= 15 is 0 Å². The maximum absolute atomic E-state index is 12.6. The highest BCUT2D eigenvalue weighted by molar-refractivity contribution is 7.18. The van der Waals surface area contributed by atoms with Gasteiger partial charge in [0.15, 0.2) is 0 Å². The van der Waals surface area contributed by atoms with Crippen molar-refractivity contribution in [3.05, 3.63) is 69.6 Å². The normalized spacial score (nSPS) is 14.4. The van der Waals surface area contributed by atoms with Crippen molar-refractivity contribution < 1.29 is 0 Å². The second kappa shape index (κ2) is 6.64. The van der Waals surface area contributed by atoms with Gasteiger partial charge in [0.2, 0.25) is 0 Å². The third kappa shape index (κ3) is 3.13. The van der Waals surface area contributed by atoms with Crippen molar-refractivity contribution in [3.63, 3.8) is 0 Å². The first-order chi connectivity index (χ1) is 13.3. The number of H-pyrrole nitrogens is 1. The number of hydrogen-bond acceptors (Lipinski definition) is 7. The van der Waals surface area contributed by atoms with E-state index in [2.05, 4.69) is 42.0 Å². The molecule has 1 aliphatic rings. The molecule has 0 amide bonds. The molecule has 27 heavy (non-hydrogen) atoms. The molecule has 1 aliphatic heterocycles. The number of fused-ring (bicyclic) bond motifs is 2. The molecule has 0 aromatic carbocycles. The van der Waals surface area contributed by atoms with Gasteiger partial charge in [-0.25, -0.2) is 19.9 Å². The van der Waals surface area contributed by atoms with Gasteiger partial charge in [0.05, 0.1) is 16.8 Å². The van der Waals surface area contributed by atoms with E-state index in [0.717, 1.165) is 41.2 Å². The summed E-state index contributed by atoms with van der Waals surface area (Å²) < 4.78 is 0. The molecule has 0 fully saturated rings. The van der Waals surface area contributed by atoms with E-state index in [0.29, 0.717) is 12.4 Å². The summed E-state index contributed by atoms with van der Waals surface area (Å²) >= 11 is 1.71. The van der Waals surface area contributed by atoms with E-state index in [1.54, 1.807) is 23.7 Å². The molecule has 0 aliphatic carbocycles. The minimum atomic E-state index is -0.0819. The Balaban J connectivity index is 1.40. The van der Waals surface area contributed by atoms with E-state index in [4.69, 9.17) is 0 Å². The number of thiophene rings is 1. The average Bonchev–Trinajstić information content (AvgIpc) is 3.11. The summed E-state index contributed by atoms with van der Waals surface area (Å²) in [5, 5.41) is 1.17. The summed E-state index contributed by atoms with van der Waals surface area (Å²) in [5.41, 5.74) is 2.26. The average molecular weight is 376 g/mol. The van der Waals surface area contributed by atoms with Crippen molar-refractivity contribution in [1.29, 1.82) is 0 Å². The summed E-state index contributed by atoms with van der Waals surface area (Å²) in [5.74, 6) is 0.531. The third-order valence-electron chi connectivity index (χ3n) is 4.71. The quantitative estimate of drug-likeness (QED) is 0.591. The van der Waals surface area contributed by atoms with Gasteiger partial charge < -0.3 is 4.98 Å². The minimum Gasteiger partial charge on any atom is -0.306 e. The molecule has 0 saturated heterocycles. The molecule has 0 unspecified atom stereocenters. The van der Waals surface area contributed by atoms with Crippen LogP contribution in [0.4, 0.5) is 0 Å². The first-order valence-corrected chi connectivity index (χ1v) is 9.51. The van der Waals surface area contributed by atoms with E-state index in [-0.39, 0.29) is 5.56 Å². The van der Waals surface area contributed by atoms with Crippen LogP contribution >= 0.6 is 11.3 Å². The predicted molar refractivity (Wildman–Crippen MR) is 103 cm³/mol. The molecule has 8 heteroatoms. The Bertz CT molecular complexity index is 1140. The standard InChI is InChI=1S/C19H16N6OS/c26-18-15-10-25(9-14-6-12-2-1-4-22-19(12)27-14)5-3-16(15)23-17(24-18)13-7-20-11-21-8-13/h1-2,4,6-8,11H,3,5,9-10H2,(H,23,24,26). The number of nitrogens with one attached hydrogen (secondary N) is 1. The van der Waals surface area contributed by atoms with Crippen LogP contribution in [-0.4, -0.2) is 36.4 Å². The van der Waals surface area contributed by atoms with Crippen molar-refractivity contribution in [2.45, 2.75) is 19.5 Å². The van der Waals surface area contributed by atoms with Crippen LogP contribution in [0.1, 0.15) is 16.1 Å². The van der Waals surface area contributed by atoms with Gasteiger partial charge in [-0.15, -0.1) is 11.3 Å². The van der Waals surface area contributed by atoms with Crippen LogP contribution in [0.2, 0.25) is 0 Å². The van der Waals surface area contributed by atoms with Crippen LogP contribution in [0.15, 0.2) is 47.9 Å². The van der Waals surface area contributed by atoms with Crippen LogP contribution in [0.3, 0.4) is 0 Å². The topological polar surface area (TPSA) is 87.7 Å². The van der Waals surface area contributed by atoms with Crippen molar-refractivity contribution >= 4 is 21.6 Å². The van der Waals surface area contributed by atoms with Gasteiger partial charge in [-0.05, 0) is 12.1 Å². The number of pyridine rings is 1. The number of aromatic amines is 1. The summed E-state index contributed by atoms with van der Waals surface area (Å²) in [4.78, 5) is 37.2. The lowest BCUT2D eigenvalue weighted by Crippen LogP contribution is -2.35. The summed E-state index contributed by atoms with van der Waals surface area (Å²) in [6.07, 6.45) is 7.34. The van der Waals surface area contributed by atoms with Gasteiger partial charge in [-0.1, -0.05) is 6.07 Å². The minimum absolute atomic E-state index is 0.0819. The van der Waals surface area contributed by atoms with E-state index in [9.17, 15) is 4.79 Å². The Kier molecular flexibility index (Phi) is 3.99. The monoisotopic (exact) mass is 376 g/mol. The Morgan fingerprint density at radius 1 is 1.26 bits per heavy atom. The molecule has 0 spiro atoms. The number of rotatable bonds is 3. The second-order valence-corrected chi connectivity index (χ2v) is 7.65. The van der Waals surface area contributed by atoms with Crippen molar-refractivity contribution in [2.75, 3.05) is 6.54 Å². The summed E-state index contributed by atoms with van der Waals surface area (Å²) in [6.45, 7) is 2.29. The molecule has 5 heterocycles. The van der Waals surface area contributed by atoms with Crippen LogP contribution < -0.4 is 5.56 Å². The maximum Gasteiger partial charge on any atom is 0.255 e. The fourth-order valence-corrected chi connectivity index (χ4v) is 4.44. The Morgan fingerprint density at radius 3 is 3.00 bits per heavy atom. The second-order valence-electron chi connectivity index (χ2n) is 6.54. The van der Waals surface area contributed by atoms with E-state index < -0.39 is 0 Å². The fourth-order valence-electron chi connectivity index (χ4n) is 3.40. The molecule has 1 N–H and O–H groups in total. The highest BCUT2D eigenvalue weighted by Gasteiger charge is 2.22. The molecular formula is C19H16N6OS. The molecule has 7 nitrogen and oxygen atoms in total. The summed E-state index contributed by atoms with van der Waals surface area (Å²) in [7, 11) is 0. The van der Waals surface area contributed by atoms with Gasteiger partial charge in [0.25, 0.3) is 5.56 Å². The Morgan fingerprint density at radius 2 is 2.15 bits per heavy atom. The van der Waals surface area contributed by atoms with Crippen LogP contribution in [0, 0.1) is 0 Å². The molecule has 4 aromatic heterocycles. The van der Waals surface area contributed by atoms with Crippen LogP contribution in [0.5, 0.6) is 0 Å². The zero-order valence-corrected chi connectivity index (χ0v) is 15.2. The Labute approximate surface area is 158 Å². The van der Waals surface area contributed by atoms with E-state index in [1.165, 1.54) is 16.6 Å². The lowest BCUT2D eigenvalue weighted by Gasteiger charge is -2.27. The molecule has 0 atom stereocenters. The lowest BCUT2D eigenvalue weighted by molar-refractivity contribution is 0.244. The molecule has 0 saturated carbocycles. The largest absolute Gasteiger partial charge is 0.306 e. The van der Waals surface area contributed by atoms with Crippen LogP contribution in [0.25, 0.3) is 21.6 Å². The fraction of sp³-hybridized carbons (Fsp3) is 0.211. The molecular weight excluding hydrogens is 360 g/mol. The Hall–Kier alpha value is -2.97.